The van der Waals surface area contributed by atoms with Crippen molar-refractivity contribution in [2.24, 2.45) is 0 Å². The van der Waals surface area contributed by atoms with Gasteiger partial charge in [0, 0.05) is 0 Å². The summed E-state index contributed by atoms with van der Waals surface area (Å²) < 4.78 is 15.4. The summed E-state index contributed by atoms with van der Waals surface area (Å²) in [5.41, 5.74) is -0.318. The molecule has 1 aromatic carbocycles. The molecule has 0 aliphatic rings. The zero-order valence-electron chi connectivity index (χ0n) is 12.4. The molecule has 0 unspecified atom stereocenters. The van der Waals surface area contributed by atoms with Crippen LogP contribution in [-0.2, 0) is 14.3 Å². The Labute approximate surface area is 118 Å². The highest BCUT2D eigenvalue weighted by molar-refractivity contribution is 5.92. The van der Waals surface area contributed by atoms with Gasteiger partial charge in [-0.15, -0.1) is 0 Å². The van der Waals surface area contributed by atoms with Crippen LogP contribution in [-0.4, -0.2) is 30.8 Å². The van der Waals surface area contributed by atoms with Gasteiger partial charge in [0.2, 0.25) is 0 Å². The van der Waals surface area contributed by atoms with Crippen molar-refractivity contribution in [1.82, 2.24) is 0 Å². The van der Waals surface area contributed by atoms with E-state index < -0.39 is 23.6 Å². The Bertz CT molecular complexity index is 487. The largest absolute Gasteiger partial charge is 0.478 e. The summed E-state index contributed by atoms with van der Waals surface area (Å²) in [7, 11) is 1.29. The summed E-state index contributed by atoms with van der Waals surface area (Å²) in [4.78, 5) is 23.4. The van der Waals surface area contributed by atoms with E-state index in [1.165, 1.54) is 7.11 Å². The normalized spacial score (nSPS) is 12.4. The first-order chi connectivity index (χ1) is 9.24. The topological polar surface area (TPSA) is 61.8 Å². The lowest BCUT2D eigenvalue weighted by Crippen LogP contribution is -2.33. The average Bonchev–Trinajstić information content (AvgIpc) is 2.36. The maximum absolute atomic E-state index is 11.9. The van der Waals surface area contributed by atoms with Gasteiger partial charge in [0.1, 0.15) is 16.9 Å². The highest BCUT2D eigenvalue weighted by Gasteiger charge is 2.24. The van der Waals surface area contributed by atoms with Crippen molar-refractivity contribution in [2.45, 2.75) is 39.4 Å². The fourth-order valence-electron chi connectivity index (χ4n) is 1.47. The van der Waals surface area contributed by atoms with E-state index in [9.17, 15) is 9.59 Å². The molecule has 0 fully saturated rings. The van der Waals surface area contributed by atoms with Crippen LogP contribution >= 0.6 is 0 Å². The molecular formula is C15H20O5. The van der Waals surface area contributed by atoms with E-state index in [0.717, 1.165) is 0 Å². The number of esters is 2. The Morgan fingerprint density at radius 3 is 2.30 bits per heavy atom. The molecule has 1 atom stereocenters. The molecule has 5 heteroatoms. The zero-order valence-corrected chi connectivity index (χ0v) is 12.4. The molecule has 110 valence electrons. The van der Waals surface area contributed by atoms with Gasteiger partial charge in [0.25, 0.3) is 0 Å². The number of hydrogen-bond acceptors (Lipinski definition) is 5. The molecule has 0 aromatic heterocycles. The van der Waals surface area contributed by atoms with Gasteiger partial charge in [-0.05, 0) is 39.8 Å². The van der Waals surface area contributed by atoms with Gasteiger partial charge in [-0.1, -0.05) is 12.1 Å². The summed E-state index contributed by atoms with van der Waals surface area (Å²) >= 11 is 0. The van der Waals surface area contributed by atoms with E-state index >= 15 is 0 Å². The molecule has 0 radical (unpaired) electrons. The molecule has 0 amide bonds. The molecule has 0 N–H and O–H groups in total. The van der Waals surface area contributed by atoms with Gasteiger partial charge >= 0.3 is 11.9 Å². The molecule has 0 bridgehead atoms. The summed E-state index contributed by atoms with van der Waals surface area (Å²) in [6.45, 7) is 6.90. The predicted molar refractivity (Wildman–Crippen MR) is 73.7 cm³/mol. The van der Waals surface area contributed by atoms with Crippen LogP contribution in [0.3, 0.4) is 0 Å². The molecular weight excluding hydrogens is 260 g/mol. The van der Waals surface area contributed by atoms with Crippen molar-refractivity contribution >= 4 is 11.9 Å². The number of methoxy groups -OCH3 is 1. The van der Waals surface area contributed by atoms with E-state index in [2.05, 4.69) is 4.74 Å². The number of para-hydroxylation sites is 1. The van der Waals surface area contributed by atoms with Crippen LogP contribution in [0.1, 0.15) is 38.1 Å². The lowest BCUT2D eigenvalue weighted by Gasteiger charge is -2.23. The fraction of sp³-hybridized carbons (Fsp3) is 0.467. The molecule has 0 heterocycles. The molecule has 0 aliphatic heterocycles. The minimum atomic E-state index is -0.819. The maximum Gasteiger partial charge on any atom is 0.347 e. The third kappa shape index (κ3) is 4.57. The second-order valence-electron chi connectivity index (χ2n) is 5.28. The quantitative estimate of drug-likeness (QED) is 0.793. The van der Waals surface area contributed by atoms with Crippen LogP contribution in [0.25, 0.3) is 0 Å². The zero-order chi connectivity index (χ0) is 15.3. The molecule has 0 saturated carbocycles. The van der Waals surface area contributed by atoms with E-state index in [4.69, 9.17) is 9.47 Å². The molecule has 0 spiro atoms. The first kappa shape index (κ1) is 16.0. The highest BCUT2D eigenvalue weighted by Crippen LogP contribution is 2.21. The molecule has 0 aliphatic carbocycles. The molecule has 1 aromatic rings. The second-order valence-corrected chi connectivity index (χ2v) is 5.28. The van der Waals surface area contributed by atoms with Crippen molar-refractivity contribution in [2.75, 3.05) is 7.11 Å². The van der Waals surface area contributed by atoms with E-state index in [-0.39, 0.29) is 11.3 Å². The first-order valence-electron chi connectivity index (χ1n) is 6.31. The van der Waals surface area contributed by atoms with Gasteiger partial charge in [-0.2, -0.15) is 0 Å². The number of carbonyl (C=O) groups is 2. The minimum Gasteiger partial charge on any atom is -0.478 e. The van der Waals surface area contributed by atoms with E-state index in [0.29, 0.717) is 0 Å². The van der Waals surface area contributed by atoms with Crippen LogP contribution in [0.5, 0.6) is 5.75 Å². The lowest BCUT2D eigenvalue weighted by atomic mass is 10.2. The minimum absolute atomic E-state index is 0.269. The van der Waals surface area contributed by atoms with Crippen LogP contribution in [0.15, 0.2) is 24.3 Å². The Balaban J connectivity index is 2.83. The summed E-state index contributed by atoms with van der Waals surface area (Å²) in [5.74, 6) is -0.716. The Kier molecular flexibility index (Phi) is 5.13. The first-order valence-corrected chi connectivity index (χ1v) is 6.31. The molecule has 20 heavy (non-hydrogen) atoms. The SMILES string of the molecule is COC(=O)c1ccccc1O[C@H](C)C(=O)OC(C)(C)C. The fourth-order valence-corrected chi connectivity index (χ4v) is 1.47. The number of hydrogen-bond donors (Lipinski definition) is 0. The third-order valence-corrected chi connectivity index (χ3v) is 2.33. The smallest absolute Gasteiger partial charge is 0.347 e. The van der Waals surface area contributed by atoms with Gasteiger partial charge in [0.05, 0.1) is 7.11 Å². The van der Waals surface area contributed by atoms with E-state index in [1.54, 1.807) is 52.0 Å². The van der Waals surface area contributed by atoms with Crippen LogP contribution in [0.4, 0.5) is 0 Å². The molecule has 0 saturated heterocycles. The van der Waals surface area contributed by atoms with E-state index in [1.807, 2.05) is 0 Å². The van der Waals surface area contributed by atoms with Crippen molar-refractivity contribution in [1.29, 1.82) is 0 Å². The van der Waals surface area contributed by atoms with Gasteiger partial charge in [-0.3, -0.25) is 0 Å². The van der Waals surface area contributed by atoms with Gasteiger partial charge in [-0.25, -0.2) is 9.59 Å². The monoisotopic (exact) mass is 280 g/mol. The summed E-state index contributed by atoms with van der Waals surface area (Å²) in [6, 6.07) is 6.58. The third-order valence-electron chi connectivity index (χ3n) is 2.33. The molecule has 5 nitrogen and oxygen atoms in total. The van der Waals surface area contributed by atoms with Crippen molar-refractivity contribution in [3.05, 3.63) is 29.8 Å². The number of ether oxygens (including phenoxy) is 3. The Hall–Kier alpha value is -2.04. The Morgan fingerprint density at radius 1 is 1.15 bits per heavy atom. The summed E-state index contributed by atoms with van der Waals surface area (Å²) in [5, 5.41) is 0. The standard InChI is InChI=1S/C15H20O5/c1-10(13(16)20-15(2,3)4)19-12-9-7-6-8-11(12)14(17)18-5/h6-10H,1-5H3/t10-/m1/s1. The van der Waals surface area contributed by atoms with Crippen LogP contribution < -0.4 is 4.74 Å². The highest BCUT2D eigenvalue weighted by atomic mass is 16.6. The summed E-state index contributed by atoms with van der Waals surface area (Å²) in [6.07, 6.45) is -0.819. The van der Waals surface area contributed by atoms with Crippen LogP contribution in [0.2, 0.25) is 0 Å². The van der Waals surface area contributed by atoms with Crippen LogP contribution in [0, 0.1) is 0 Å². The number of benzene rings is 1. The maximum atomic E-state index is 11.9. The molecule has 1 rings (SSSR count). The second kappa shape index (κ2) is 6.41. The average molecular weight is 280 g/mol. The predicted octanol–water partition coefficient (Wildman–Crippen LogP) is 2.58. The number of carbonyl (C=O) groups excluding carboxylic acids is 2. The van der Waals surface area contributed by atoms with Gasteiger partial charge in [0.15, 0.2) is 6.10 Å². The Morgan fingerprint density at radius 2 is 1.75 bits per heavy atom. The van der Waals surface area contributed by atoms with Crippen molar-refractivity contribution < 1.29 is 23.8 Å². The van der Waals surface area contributed by atoms with Crippen molar-refractivity contribution in [3.63, 3.8) is 0 Å². The lowest BCUT2D eigenvalue weighted by molar-refractivity contribution is -0.162. The number of rotatable bonds is 4. The van der Waals surface area contributed by atoms with Crippen molar-refractivity contribution in [3.8, 4) is 5.75 Å². The van der Waals surface area contributed by atoms with Gasteiger partial charge < -0.3 is 14.2 Å².